The first kappa shape index (κ1) is 31.5. The lowest BCUT2D eigenvalue weighted by Gasteiger charge is -2.25. The Bertz CT molecular complexity index is 940. The fourth-order valence-corrected chi connectivity index (χ4v) is 4.67. The Morgan fingerprint density at radius 2 is 1.73 bits per heavy atom. The molecule has 2 aliphatic heterocycles. The summed E-state index contributed by atoms with van der Waals surface area (Å²) in [6, 6.07) is 6.19. The van der Waals surface area contributed by atoms with Crippen molar-refractivity contribution in [1.29, 1.82) is 0 Å². The van der Waals surface area contributed by atoms with Crippen LogP contribution in [0.3, 0.4) is 0 Å². The molecule has 4 aliphatic rings. The van der Waals surface area contributed by atoms with Crippen LogP contribution in [0.15, 0.2) is 24.3 Å². The third-order valence-electron chi connectivity index (χ3n) is 7.25. The van der Waals surface area contributed by atoms with E-state index in [9.17, 15) is 19.2 Å². The summed E-state index contributed by atoms with van der Waals surface area (Å²) in [5, 5.41) is 7.62. The van der Waals surface area contributed by atoms with Gasteiger partial charge in [-0.3, -0.25) is 19.3 Å². The molecular weight excluding hydrogens is 516 g/mol. The topological polar surface area (TPSA) is 139 Å². The number of methoxy groups -OCH3 is 1. The standard InChI is InChI=1S/C20H28N4O6.C6H10.C3H6O/c1-29-16-4-2-15(3-5-16)12-17(20(28)21-6-9-25)23-18(26)13-22-19(27)14-24-7-10-30-11-8-24;1-2-5-4-6(5)3-1;1-3-2-4-3/h2-5,9,17H,6-8,10-14H2,1H3,(H,21,28)(H,22,27)(H,23,26);5-6H,1-4H2;3H,2H2,1H3. The van der Waals surface area contributed by atoms with Crippen molar-refractivity contribution in [2.45, 2.75) is 51.2 Å². The Kier molecular flexibility index (Phi) is 13.3. The van der Waals surface area contributed by atoms with Crippen molar-refractivity contribution in [3.63, 3.8) is 0 Å². The largest absolute Gasteiger partial charge is 0.497 e. The lowest BCUT2D eigenvalue weighted by Crippen LogP contribution is -2.51. The Hall–Kier alpha value is -3.02. The first-order valence-corrected chi connectivity index (χ1v) is 14.2. The van der Waals surface area contributed by atoms with Gasteiger partial charge in [0.1, 0.15) is 18.1 Å². The zero-order chi connectivity index (χ0) is 28.7. The molecule has 2 heterocycles. The number of epoxide rings is 1. The predicted octanol–water partition coefficient (Wildman–Crippen LogP) is 0.698. The molecule has 2 aliphatic carbocycles. The van der Waals surface area contributed by atoms with E-state index in [0.717, 1.165) is 12.2 Å². The molecule has 2 saturated carbocycles. The number of nitrogens with one attached hydrogen (secondary N) is 3. The molecule has 0 bridgehead atoms. The second-order valence-corrected chi connectivity index (χ2v) is 10.6. The van der Waals surface area contributed by atoms with Crippen molar-refractivity contribution in [3.8, 4) is 5.75 Å². The number of aldehydes is 1. The first-order valence-electron chi connectivity index (χ1n) is 14.2. The number of rotatable bonds is 11. The lowest BCUT2D eigenvalue weighted by molar-refractivity contribution is -0.130. The maximum atomic E-state index is 12.4. The maximum absolute atomic E-state index is 12.4. The van der Waals surface area contributed by atoms with Crippen LogP contribution in [0.2, 0.25) is 0 Å². The number of ether oxygens (including phenoxy) is 3. The van der Waals surface area contributed by atoms with E-state index in [1.165, 1.54) is 18.3 Å². The number of amides is 3. The molecular formula is C29H44N4O7. The Morgan fingerprint density at radius 1 is 1.07 bits per heavy atom. The minimum Gasteiger partial charge on any atom is -0.497 e. The molecule has 0 radical (unpaired) electrons. The Balaban J connectivity index is 0.000000359. The molecule has 222 valence electrons. The number of hydrogen-bond acceptors (Lipinski definition) is 8. The number of hydrogen-bond donors (Lipinski definition) is 3. The van der Waals surface area contributed by atoms with Gasteiger partial charge in [0.2, 0.25) is 17.7 Å². The van der Waals surface area contributed by atoms with Gasteiger partial charge in [0.25, 0.3) is 0 Å². The van der Waals surface area contributed by atoms with E-state index in [0.29, 0.717) is 44.4 Å². The quantitative estimate of drug-likeness (QED) is 0.266. The summed E-state index contributed by atoms with van der Waals surface area (Å²) in [4.78, 5) is 49.2. The van der Waals surface area contributed by atoms with Crippen molar-refractivity contribution in [1.82, 2.24) is 20.9 Å². The lowest BCUT2D eigenvalue weighted by atomic mass is 10.0. The van der Waals surface area contributed by atoms with Gasteiger partial charge in [-0.1, -0.05) is 31.4 Å². The monoisotopic (exact) mass is 560 g/mol. The average molecular weight is 561 g/mol. The van der Waals surface area contributed by atoms with Gasteiger partial charge in [-0.2, -0.15) is 0 Å². The molecule has 40 heavy (non-hydrogen) atoms. The summed E-state index contributed by atoms with van der Waals surface area (Å²) in [6.45, 7) is 5.33. The number of nitrogens with zero attached hydrogens (tertiary/aromatic N) is 1. The summed E-state index contributed by atoms with van der Waals surface area (Å²) in [5.41, 5.74) is 0.804. The Morgan fingerprint density at radius 3 is 2.23 bits per heavy atom. The van der Waals surface area contributed by atoms with Crippen LogP contribution in [0.1, 0.15) is 38.2 Å². The van der Waals surface area contributed by atoms with Crippen LogP contribution in [0, 0.1) is 11.8 Å². The van der Waals surface area contributed by atoms with Crippen molar-refractivity contribution >= 4 is 24.0 Å². The van der Waals surface area contributed by atoms with Gasteiger partial charge >= 0.3 is 0 Å². The number of benzene rings is 1. The first-order chi connectivity index (χ1) is 19.4. The van der Waals surface area contributed by atoms with E-state index >= 15 is 0 Å². The zero-order valence-corrected chi connectivity index (χ0v) is 23.7. The maximum Gasteiger partial charge on any atom is 0.243 e. The van der Waals surface area contributed by atoms with E-state index in [4.69, 9.17) is 14.2 Å². The number of fused-ring (bicyclic) bond motifs is 1. The van der Waals surface area contributed by atoms with Gasteiger partial charge in [-0.15, -0.1) is 0 Å². The number of carbonyl (C=O) groups is 4. The van der Waals surface area contributed by atoms with Crippen LogP contribution in [0.4, 0.5) is 0 Å². The molecule has 5 rings (SSSR count). The van der Waals surface area contributed by atoms with Gasteiger partial charge < -0.3 is 35.0 Å². The number of morpholine rings is 1. The minimum atomic E-state index is -0.887. The molecule has 2 saturated heterocycles. The van der Waals surface area contributed by atoms with Crippen LogP contribution < -0.4 is 20.7 Å². The summed E-state index contributed by atoms with van der Waals surface area (Å²) in [6.07, 6.45) is 7.61. The van der Waals surface area contributed by atoms with Gasteiger partial charge in [-0.05, 0) is 42.9 Å². The fraction of sp³-hybridized carbons (Fsp3) is 0.655. The molecule has 4 unspecified atom stereocenters. The summed E-state index contributed by atoms with van der Waals surface area (Å²) in [5.74, 6) is 1.85. The fourth-order valence-electron chi connectivity index (χ4n) is 4.67. The predicted molar refractivity (Wildman–Crippen MR) is 149 cm³/mol. The van der Waals surface area contributed by atoms with Gasteiger partial charge in [0.15, 0.2) is 0 Å². The molecule has 3 N–H and O–H groups in total. The second kappa shape index (κ2) is 16.9. The highest BCUT2D eigenvalue weighted by Gasteiger charge is 2.40. The van der Waals surface area contributed by atoms with Crippen molar-refractivity contribution in [2.24, 2.45) is 11.8 Å². The van der Waals surface area contributed by atoms with Crippen LogP contribution in [-0.4, -0.2) is 101 Å². The van der Waals surface area contributed by atoms with E-state index in [1.54, 1.807) is 50.6 Å². The van der Waals surface area contributed by atoms with E-state index in [2.05, 4.69) is 22.9 Å². The highest BCUT2D eigenvalue weighted by molar-refractivity contribution is 5.91. The van der Waals surface area contributed by atoms with E-state index < -0.39 is 17.9 Å². The van der Waals surface area contributed by atoms with Crippen LogP contribution in [0.25, 0.3) is 0 Å². The van der Waals surface area contributed by atoms with E-state index in [-0.39, 0.29) is 32.0 Å². The highest BCUT2D eigenvalue weighted by Crippen LogP contribution is 2.51. The summed E-state index contributed by atoms with van der Waals surface area (Å²) < 4.78 is 15.0. The molecule has 11 nitrogen and oxygen atoms in total. The minimum absolute atomic E-state index is 0.149. The molecule has 4 atom stereocenters. The third kappa shape index (κ3) is 12.4. The van der Waals surface area contributed by atoms with Crippen LogP contribution >= 0.6 is 0 Å². The number of carbonyl (C=O) groups excluding carboxylic acids is 4. The Labute approximate surface area is 236 Å². The molecule has 1 aromatic carbocycles. The SMILES string of the molecule is C1CC2CC2C1.CC1CO1.COc1ccc(CC(NC(=O)CNC(=O)CN2CCOCC2)C(=O)NCC=O)cc1. The molecule has 11 heteroatoms. The van der Waals surface area contributed by atoms with Crippen molar-refractivity contribution in [3.05, 3.63) is 29.8 Å². The van der Waals surface area contributed by atoms with Gasteiger partial charge in [0.05, 0.1) is 52.7 Å². The zero-order valence-electron chi connectivity index (χ0n) is 23.7. The average Bonchev–Trinajstić information content (AvgIpc) is 3.89. The summed E-state index contributed by atoms with van der Waals surface area (Å²) >= 11 is 0. The molecule has 4 fully saturated rings. The van der Waals surface area contributed by atoms with Crippen LogP contribution in [0.5, 0.6) is 5.75 Å². The second-order valence-electron chi connectivity index (χ2n) is 10.6. The normalized spacial score (nSPS) is 23.0. The molecule has 1 aromatic rings. The van der Waals surface area contributed by atoms with Crippen molar-refractivity contribution < 1.29 is 33.4 Å². The summed E-state index contributed by atoms with van der Waals surface area (Å²) in [7, 11) is 1.55. The molecule has 0 spiro atoms. The highest BCUT2D eigenvalue weighted by atomic mass is 16.6. The third-order valence-corrected chi connectivity index (χ3v) is 7.25. The van der Waals surface area contributed by atoms with Crippen LogP contribution in [-0.2, 0) is 35.1 Å². The smallest absolute Gasteiger partial charge is 0.243 e. The molecule has 0 aromatic heterocycles. The van der Waals surface area contributed by atoms with E-state index in [1.807, 2.05) is 4.90 Å². The van der Waals surface area contributed by atoms with Gasteiger partial charge in [-0.25, -0.2) is 0 Å². The van der Waals surface area contributed by atoms with Crippen molar-refractivity contribution in [2.75, 3.05) is 59.7 Å². The molecule has 3 amide bonds. The van der Waals surface area contributed by atoms with Gasteiger partial charge in [0, 0.05) is 19.5 Å².